The molecule has 0 aromatic heterocycles. The van der Waals surface area contributed by atoms with Gasteiger partial charge in [0.1, 0.15) is 18.3 Å². The molecule has 0 bridgehead atoms. The lowest BCUT2D eigenvalue weighted by molar-refractivity contribution is -0.149. The van der Waals surface area contributed by atoms with Crippen molar-refractivity contribution in [1.29, 1.82) is 0 Å². The van der Waals surface area contributed by atoms with E-state index < -0.39 is 11.8 Å². The molecule has 0 spiro atoms. The Hall–Kier alpha value is -2.47. The minimum absolute atomic E-state index is 0.0411. The molecular weight excluding hydrogens is 382 g/mol. The molecule has 0 unspecified atom stereocenters. The Morgan fingerprint density at radius 2 is 2.13 bits per heavy atom. The van der Waals surface area contributed by atoms with Crippen LogP contribution in [0.3, 0.4) is 0 Å². The van der Waals surface area contributed by atoms with E-state index in [0.29, 0.717) is 30.9 Å². The highest BCUT2D eigenvalue weighted by molar-refractivity contribution is 6.08. The first-order valence-electron chi connectivity index (χ1n) is 10.9. The summed E-state index contributed by atoms with van der Waals surface area (Å²) >= 11 is 0. The SMILES string of the molecule is CCOc1cccc([C@@H]2C3=C(CCCC3=O)N=C(C)[C@H]2C(=O)OC[C@H]2CCCO2)c1. The number of carbonyl (C=O) groups is 2. The van der Waals surface area contributed by atoms with Crippen molar-refractivity contribution in [1.82, 2.24) is 0 Å². The molecule has 2 heterocycles. The van der Waals surface area contributed by atoms with Gasteiger partial charge in [0.2, 0.25) is 0 Å². The maximum atomic E-state index is 13.2. The van der Waals surface area contributed by atoms with Crippen LogP contribution in [0.25, 0.3) is 0 Å². The van der Waals surface area contributed by atoms with Gasteiger partial charge in [0.25, 0.3) is 0 Å². The average molecular weight is 411 g/mol. The minimum atomic E-state index is -0.621. The molecule has 1 aliphatic carbocycles. The topological polar surface area (TPSA) is 74.2 Å². The van der Waals surface area contributed by atoms with Gasteiger partial charge in [0, 0.05) is 35.9 Å². The van der Waals surface area contributed by atoms with Gasteiger partial charge in [-0.1, -0.05) is 12.1 Å². The molecule has 0 saturated carbocycles. The molecule has 1 aromatic rings. The summed E-state index contributed by atoms with van der Waals surface area (Å²) in [7, 11) is 0. The Balaban J connectivity index is 1.68. The molecule has 0 radical (unpaired) electrons. The third-order valence-electron chi connectivity index (χ3n) is 6.05. The number of aliphatic imine (C=N–C) groups is 1. The van der Waals surface area contributed by atoms with E-state index in [-0.39, 0.29) is 24.5 Å². The second-order valence-corrected chi connectivity index (χ2v) is 8.12. The van der Waals surface area contributed by atoms with E-state index in [1.807, 2.05) is 38.1 Å². The highest BCUT2D eigenvalue weighted by Gasteiger charge is 2.43. The lowest BCUT2D eigenvalue weighted by Crippen LogP contribution is -2.38. The number of rotatable bonds is 6. The van der Waals surface area contributed by atoms with E-state index in [0.717, 1.165) is 42.7 Å². The van der Waals surface area contributed by atoms with Gasteiger partial charge in [-0.2, -0.15) is 0 Å². The molecule has 1 fully saturated rings. The van der Waals surface area contributed by atoms with Crippen LogP contribution in [-0.4, -0.2) is 43.4 Å². The zero-order valence-electron chi connectivity index (χ0n) is 17.7. The van der Waals surface area contributed by atoms with E-state index in [1.165, 1.54) is 0 Å². The maximum absolute atomic E-state index is 13.2. The normalized spacial score (nSPS) is 26.3. The number of nitrogens with zero attached hydrogens (tertiary/aromatic N) is 1. The van der Waals surface area contributed by atoms with Crippen LogP contribution in [0.1, 0.15) is 57.4 Å². The quantitative estimate of drug-likeness (QED) is 0.662. The molecule has 2 aliphatic heterocycles. The first-order valence-corrected chi connectivity index (χ1v) is 10.9. The number of hydrogen-bond acceptors (Lipinski definition) is 6. The van der Waals surface area contributed by atoms with Gasteiger partial charge in [-0.25, -0.2) is 0 Å². The number of allylic oxidation sites excluding steroid dienone is 2. The van der Waals surface area contributed by atoms with Crippen LogP contribution in [0.4, 0.5) is 0 Å². The molecule has 6 nitrogen and oxygen atoms in total. The Morgan fingerprint density at radius 1 is 1.27 bits per heavy atom. The van der Waals surface area contributed by atoms with Crippen molar-refractivity contribution in [3.63, 3.8) is 0 Å². The first kappa shape index (κ1) is 20.8. The number of carbonyl (C=O) groups excluding carboxylic acids is 2. The summed E-state index contributed by atoms with van der Waals surface area (Å²) in [6.45, 7) is 5.30. The van der Waals surface area contributed by atoms with E-state index >= 15 is 0 Å². The molecule has 30 heavy (non-hydrogen) atoms. The molecule has 1 aromatic carbocycles. The summed E-state index contributed by atoms with van der Waals surface area (Å²) < 4.78 is 16.9. The van der Waals surface area contributed by atoms with Crippen molar-refractivity contribution in [3.05, 3.63) is 41.1 Å². The van der Waals surface area contributed by atoms with Crippen molar-refractivity contribution in [2.24, 2.45) is 10.9 Å². The van der Waals surface area contributed by atoms with Crippen molar-refractivity contribution in [3.8, 4) is 5.75 Å². The fourth-order valence-electron chi connectivity index (χ4n) is 4.68. The lowest BCUT2D eigenvalue weighted by Gasteiger charge is -2.34. The van der Waals surface area contributed by atoms with Crippen LogP contribution in [0.5, 0.6) is 5.75 Å². The van der Waals surface area contributed by atoms with Gasteiger partial charge in [-0.15, -0.1) is 0 Å². The second kappa shape index (κ2) is 9.13. The van der Waals surface area contributed by atoms with Crippen molar-refractivity contribution < 1.29 is 23.8 Å². The highest BCUT2D eigenvalue weighted by Crippen LogP contribution is 2.44. The van der Waals surface area contributed by atoms with Gasteiger partial charge >= 0.3 is 5.97 Å². The number of hydrogen-bond donors (Lipinski definition) is 0. The molecule has 0 N–H and O–H groups in total. The largest absolute Gasteiger partial charge is 0.494 e. The number of Topliss-reactive ketones (excluding diaryl/α,β-unsaturated/α-hetero) is 1. The molecular formula is C24H29NO5. The maximum Gasteiger partial charge on any atom is 0.315 e. The van der Waals surface area contributed by atoms with Crippen LogP contribution >= 0.6 is 0 Å². The fourth-order valence-corrected chi connectivity index (χ4v) is 4.68. The van der Waals surface area contributed by atoms with Crippen molar-refractivity contribution in [2.45, 2.75) is 58.0 Å². The van der Waals surface area contributed by atoms with Gasteiger partial charge < -0.3 is 14.2 Å². The standard InChI is InChI=1S/C24H29NO5/c1-3-28-17-8-4-7-16(13-17)22-21(24(27)30-14-18-9-6-12-29-18)15(2)25-19-10-5-11-20(26)23(19)22/h4,7-8,13,18,21-22H,3,5-6,9-12,14H2,1-2H3/t18-,21-,22+/m1/s1. The number of ketones is 1. The van der Waals surface area contributed by atoms with Crippen molar-refractivity contribution in [2.75, 3.05) is 19.8 Å². The van der Waals surface area contributed by atoms with Gasteiger partial charge in [0.05, 0.1) is 12.7 Å². The Labute approximate surface area is 177 Å². The molecule has 3 atom stereocenters. The average Bonchev–Trinajstić information content (AvgIpc) is 3.25. The molecule has 0 amide bonds. The highest BCUT2D eigenvalue weighted by atomic mass is 16.6. The Bertz CT molecular complexity index is 881. The summed E-state index contributed by atoms with van der Waals surface area (Å²) in [5.41, 5.74) is 3.07. The van der Waals surface area contributed by atoms with Crippen LogP contribution in [0, 0.1) is 5.92 Å². The third-order valence-corrected chi connectivity index (χ3v) is 6.05. The van der Waals surface area contributed by atoms with Crippen LogP contribution < -0.4 is 4.74 Å². The van der Waals surface area contributed by atoms with E-state index in [4.69, 9.17) is 14.2 Å². The zero-order valence-corrected chi connectivity index (χ0v) is 17.7. The first-order chi connectivity index (χ1) is 14.6. The van der Waals surface area contributed by atoms with Gasteiger partial charge in [-0.05, 0) is 57.2 Å². The van der Waals surface area contributed by atoms with Crippen LogP contribution in [0.15, 0.2) is 40.5 Å². The van der Waals surface area contributed by atoms with E-state index in [2.05, 4.69) is 4.99 Å². The third kappa shape index (κ3) is 4.19. The molecule has 4 rings (SSSR count). The lowest BCUT2D eigenvalue weighted by atomic mass is 9.71. The number of benzene rings is 1. The molecule has 3 aliphatic rings. The van der Waals surface area contributed by atoms with E-state index in [1.54, 1.807) is 0 Å². The zero-order chi connectivity index (χ0) is 21.1. The molecule has 1 saturated heterocycles. The second-order valence-electron chi connectivity index (χ2n) is 8.12. The summed E-state index contributed by atoms with van der Waals surface area (Å²) in [6.07, 6.45) is 3.90. The minimum Gasteiger partial charge on any atom is -0.494 e. The number of esters is 1. The monoisotopic (exact) mass is 411 g/mol. The van der Waals surface area contributed by atoms with Gasteiger partial charge in [0.15, 0.2) is 5.78 Å². The summed E-state index contributed by atoms with van der Waals surface area (Å²) in [5, 5.41) is 0. The Morgan fingerprint density at radius 3 is 2.90 bits per heavy atom. The molecule has 6 heteroatoms. The summed E-state index contributed by atoms with van der Waals surface area (Å²) in [4.78, 5) is 30.8. The van der Waals surface area contributed by atoms with Crippen molar-refractivity contribution >= 4 is 17.5 Å². The van der Waals surface area contributed by atoms with E-state index in [9.17, 15) is 9.59 Å². The van der Waals surface area contributed by atoms with Gasteiger partial charge in [-0.3, -0.25) is 14.6 Å². The fraction of sp³-hybridized carbons (Fsp3) is 0.542. The molecule has 160 valence electrons. The predicted octanol–water partition coefficient (Wildman–Crippen LogP) is 3.99. The van der Waals surface area contributed by atoms with Crippen LogP contribution in [0.2, 0.25) is 0 Å². The summed E-state index contributed by atoms with van der Waals surface area (Å²) in [6, 6.07) is 7.68. The predicted molar refractivity (Wildman–Crippen MR) is 113 cm³/mol. The Kier molecular flexibility index (Phi) is 6.32. The van der Waals surface area contributed by atoms with Crippen LogP contribution in [-0.2, 0) is 19.1 Å². The number of ether oxygens (including phenoxy) is 3. The summed E-state index contributed by atoms with van der Waals surface area (Å²) in [5.74, 6) is -0.557. The smallest absolute Gasteiger partial charge is 0.315 e.